The molecule has 2 aromatic rings. The Kier molecular flexibility index (Phi) is 5.87. The average molecular weight is 416 g/mol. The van der Waals surface area contributed by atoms with Crippen LogP contribution in [-0.2, 0) is 14.3 Å². The molecule has 0 aromatic heterocycles. The van der Waals surface area contributed by atoms with Crippen LogP contribution in [0.2, 0.25) is 5.02 Å². The average Bonchev–Trinajstić information content (AvgIpc) is 2.75. The van der Waals surface area contributed by atoms with Crippen molar-refractivity contribution >= 4 is 34.8 Å². The third kappa shape index (κ3) is 4.63. The van der Waals surface area contributed by atoms with Gasteiger partial charge in [-0.15, -0.1) is 0 Å². The Hall–Kier alpha value is -2.77. The second-order valence-electron chi connectivity index (χ2n) is 6.95. The van der Waals surface area contributed by atoms with E-state index in [9.17, 15) is 9.59 Å². The summed E-state index contributed by atoms with van der Waals surface area (Å²) in [7, 11) is 0. The number of para-hydroxylation sites is 2. The molecule has 0 saturated carbocycles. The zero-order chi connectivity index (χ0) is 20.2. The quantitative estimate of drug-likeness (QED) is 0.830. The maximum Gasteiger partial charge on any atom is 0.265 e. The fourth-order valence-electron chi connectivity index (χ4n) is 3.48. The topological polar surface area (TPSA) is 71.1 Å². The summed E-state index contributed by atoms with van der Waals surface area (Å²) in [5.41, 5.74) is 1.46. The van der Waals surface area contributed by atoms with Crippen molar-refractivity contribution in [3.63, 3.8) is 0 Å². The van der Waals surface area contributed by atoms with Gasteiger partial charge < -0.3 is 24.6 Å². The minimum atomic E-state index is -0.661. The highest BCUT2D eigenvalue weighted by atomic mass is 35.5. The van der Waals surface area contributed by atoms with E-state index in [1.165, 1.54) is 0 Å². The number of hydrogen-bond donors (Lipinski definition) is 1. The summed E-state index contributed by atoms with van der Waals surface area (Å²) >= 11 is 5.89. The largest absolute Gasteiger partial charge is 0.477 e. The lowest BCUT2D eigenvalue weighted by atomic mass is 10.1. The summed E-state index contributed by atoms with van der Waals surface area (Å²) in [5, 5.41) is 3.47. The summed E-state index contributed by atoms with van der Waals surface area (Å²) in [6.45, 7) is 2.58. The number of morpholine rings is 1. The molecule has 0 spiro atoms. The Morgan fingerprint density at radius 3 is 2.55 bits per heavy atom. The molecule has 2 aliphatic rings. The highest BCUT2D eigenvalue weighted by Crippen LogP contribution is 2.33. The van der Waals surface area contributed by atoms with Crippen LogP contribution in [0.4, 0.5) is 11.4 Å². The zero-order valence-corrected chi connectivity index (χ0v) is 16.6. The van der Waals surface area contributed by atoms with Crippen molar-refractivity contribution in [1.29, 1.82) is 0 Å². The molecule has 2 heterocycles. The Balaban J connectivity index is 1.48. The van der Waals surface area contributed by atoms with Gasteiger partial charge in [0.2, 0.25) is 5.91 Å². The highest BCUT2D eigenvalue weighted by Gasteiger charge is 2.34. The van der Waals surface area contributed by atoms with Gasteiger partial charge in [0, 0.05) is 23.8 Å². The van der Waals surface area contributed by atoms with Crippen molar-refractivity contribution < 1.29 is 19.1 Å². The van der Waals surface area contributed by atoms with E-state index in [0.29, 0.717) is 49.3 Å². The first-order chi connectivity index (χ1) is 14.1. The second-order valence-corrected chi connectivity index (χ2v) is 7.38. The van der Waals surface area contributed by atoms with Crippen LogP contribution in [0, 0.1) is 0 Å². The third-order valence-electron chi connectivity index (χ3n) is 4.92. The van der Waals surface area contributed by atoms with E-state index in [1.54, 1.807) is 29.2 Å². The van der Waals surface area contributed by atoms with Gasteiger partial charge in [0.05, 0.1) is 32.0 Å². The molecular formula is C21H22ClN3O4. The van der Waals surface area contributed by atoms with Gasteiger partial charge >= 0.3 is 0 Å². The summed E-state index contributed by atoms with van der Waals surface area (Å²) in [5.74, 6) is 0.345. The molecule has 1 N–H and O–H groups in total. The summed E-state index contributed by atoms with van der Waals surface area (Å²) in [4.78, 5) is 29.2. The molecule has 2 aliphatic heterocycles. The number of hydrogen-bond acceptors (Lipinski definition) is 5. The number of carbonyl (C=O) groups excluding carboxylic acids is 2. The van der Waals surface area contributed by atoms with Crippen LogP contribution in [0.25, 0.3) is 0 Å². The van der Waals surface area contributed by atoms with Gasteiger partial charge in [-0.3, -0.25) is 9.59 Å². The molecule has 0 bridgehead atoms. The molecule has 8 heteroatoms. The number of rotatable bonds is 4. The van der Waals surface area contributed by atoms with Crippen molar-refractivity contribution in [2.75, 3.05) is 49.6 Å². The van der Waals surface area contributed by atoms with Crippen molar-refractivity contribution in [1.82, 2.24) is 4.90 Å². The van der Waals surface area contributed by atoms with E-state index in [-0.39, 0.29) is 18.4 Å². The van der Waals surface area contributed by atoms with Crippen LogP contribution < -0.4 is 15.0 Å². The third-order valence-corrected chi connectivity index (χ3v) is 5.17. The molecule has 29 heavy (non-hydrogen) atoms. The number of fused-ring (bicyclic) bond motifs is 1. The van der Waals surface area contributed by atoms with Crippen LogP contribution in [0.1, 0.15) is 0 Å². The van der Waals surface area contributed by atoms with Crippen molar-refractivity contribution in [2.45, 2.75) is 6.10 Å². The first-order valence-corrected chi connectivity index (χ1v) is 9.90. The minimum Gasteiger partial charge on any atom is -0.477 e. The molecule has 0 radical (unpaired) electrons. The van der Waals surface area contributed by atoms with Gasteiger partial charge in [-0.05, 0) is 36.4 Å². The van der Waals surface area contributed by atoms with Gasteiger partial charge in [-0.2, -0.15) is 0 Å². The van der Waals surface area contributed by atoms with Crippen LogP contribution in [0.15, 0.2) is 48.5 Å². The van der Waals surface area contributed by atoms with E-state index in [0.717, 1.165) is 5.69 Å². The Morgan fingerprint density at radius 1 is 1.07 bits per heavy atom. The van der Waals surface area contributed by atoms with Gasteiger partial charge in [0.1, 0.15) is 5.75 Å². The number of halogens is 1. The fraction of sp³-hybridized carbons (Fsp3) is 0.333. The maximum atomic E-state index is 12.9. The molecule has 0 unspecified atom stereocenters. The summed E-state index contributed by atoms with van der Waals surface area (Å²) in [6, 6.07) is 14.4. The number of anilines is 2. The monoisotopic (exact) mass is 415 g/mol. The highest BCUT2D eigenvalue weighted by molar-refractivity contribution is 6.30. The fourth-order valence-corrected chi connectivity index (χ4v) is 3.61. The standard InChI is InChI=1S/C21H22ClN3O4/c22-15-5-7-16(8-6-15)23-20(26)14-25-13-19(21(27)24-9-11-28-12-10-24)29-18-4-2-1-3-17(18)25/h1-8,19H,9-14H2,(H,23,26)/t19-/m0/s1. The Morgan fingerprint density at radius 2 is 1.79 bits per heavy atom. The molecular weight excluding hydrogens is 394 g/mol. The molecule has 7 nitrogen and oxygen atoms in total. The maximum absolute atomic E-state index is 12.9. The lowest BCUT2D eigenvalue weighted by Crippen LogP contribution is -2.53. The smallest absolute Gasteiger partial charge is 0.265 e. The van der Waals surface area contributed by atoms with Gasteiger partial charge in [0.25, 0.3) is 5.91 Å². The number of nitrogens with zero attached hydrogens (tertiary/aromatic N) is 2. The Bertz CT molecular complexity index is 884. The lowest BCUT2D eigenvalue weighted by molar-refractivity contribution is -0.142. The number of amides is 2. The van der Waals surface area contributed by atoms with E-state index < -0.39 is 6.10 Å². The second kappa shape index (κ2) is 8.71. The number of nitrogens with one attached hydrogen (secondary N) is 1. The molecule has 1 atom stereocenters. The first-order valence-electron chi connectivity index (χ1n) is 9.53. The van der Waals surface area contributed by atoms with Gasteiger partial charge in [-0.1, -0.05) is 23.7 Å². The lowest BCUT2D eigenvalue weighted by Gasteiger charge is -2.38. The predicted molar refractivity (Wildman–Crippen MR) is 111 cm³/mol. The molecule has 4 rings (SSSR count). The van der Waals surface area contributed by atoms with E-state index in [1.807, 2.05) is 29.2 Å². The SMILES string of the molecule is O=C(CN1C[C@@H](C(=O)N2CCOCC2)Oc2ccccc21)Nc1ccc(Cl)cc1. The minimum absolute atomic E-state index is 0.0779. The molecule has 1 saturated heterocycles. The normalized spacial score (nSPS) is 18.6. The number of benzene rings is 2. The molecule has 152 valence electrons. The van der Waals surface area contributed by atoms with Gasteiger partial charge in [-0.25, -0.2) is 0 Å². The first kappa shape index (κ1) is 19.5. The summed E-state index contributed by atoms with van der Waals surface area (Å²) < 4.78 is 11.3. The predicted octanol–water partition coefficient (Wildman–Crippen LogP) is 2.40. The van der Waals surface area contributed by atoms with Crippen LogP contribution in [-0.4, -0.2) is 62.2 Å². The van der Waals surface area contributed by atoms with Gasteiger partial charge in [0.15, 0.2) is 6.10 Å². The molecule has 2 amide bonds. The van der Waals surface area contributed by atoms with Crippen LogP contribution in [0.3, 0.4) is 0 Å². The van der Waals surface area contributed by atoms with Crippen molar-refractivity contribution in [3.05, 3.63) is 53.6 Å². The Labute approximate surface area is 174 Å². The van der Waals surface area contributed by atoms with Crippen LogP contribution >= 0.6 is 11.6 Å². The van der Waals surface area contributed by atoms with E-state index >= 15 is 0 Å². The number of ether oxygens (including phenoxy) is 2. The van der Waals surface area contributed by atoms with E-state index in [4.69, 9.17) is 21.1 Å². The summed E-state index contributed by atoms with van der Waals surface area (Å²) in [6.07, 6.45) is -0.661. The zero-order valence-electron chi connectivity index (χ0n) is 15.8. The van der Waals surface area contributed by atoms with E-state index in [2.05, 4.69) is 5.32 Å². The molecule has 0 aliphatic carbocycles. The number of carbonyl (C=O) groups is 2. The molecule has 1 fully saturated rings. The van der Waals surface area contributed by atoms with Crippen molar-refractivity contribution in [3.8, 4) is 5.75 Å². The van der Waals surface area contributed by atoms with Crippen LogP contribution in [0.5, 0.6) is 5.75 Å². The van der Waals surface area contributed by atoms with Crippen molar-refractivity contribution in [2.24, 2.45) is 0 Å². The molecule has 2 aromatic carbocycles.